The van der Waals surface area contributed by atoms with Crippen molar-refractivity contribution in [3.63, 3.8) is 0 Å². The lowest BCUT2D eigenvalue weighted by Crippen LogP contribution is -2.48. The molecule has 1 aliphatic heterocycles. The Morgan fingerprint density at radius 1 is 1.04 bits per heavy atom. The number of nitrogens with zero attached hydrogens (tertiary/aromatic N) is 4. The first-order valence-corrected chi connectivity index (χ1v) is 9.09. The summed E-state index contributed by atoms with van der Waals surface area (Å²) in [6.45, 7) is 3.13. The van der Waals surface area contributed by atoms with E-state index in [4.69, 9.17) is 0 Å². The summed E-state index contributed by atoms with van der Waals surface area (Å²) >= 11 is 1.60. The highest BCUT2D eigenvalue weighted by Crippen LogP contribution is 2.22. The van der Waals surface area contributed by atoms with Crippen LogP contribution in [0, 0.1) is 0 Å². The van der Waals surface area contributed by atoms with Crippen LogP contribution in [0.4, 0.5) is 5.69 Å². The van der Waals surface area contributed by atoms with Crippen LogP contribution in [0.2, 0.25) is 0 Å². The summed E-state index contributed by atoms with van der Waals surface area (Å²) in [5.74, 6) is 0.0497. The van der Waals surface area contributed by atoms with E-state index in [9.17, 15) is 4.79 Å². The molecule has 1 fully saturated rings. The van der Waals surface area contributed by atoms with Gasteiger partial charge in [0, 0.05) is 50.3 Å². The first-order valence-electron chi connectivity index (χ1n) is 8.27. The van der Waals surface area contributed by atoms with Gasteiger partial charge >= 0.3 is 0 Å². The van der Waals surface area contributed by atoms with E-state index in [0.29, 0.717) is 0 Å². The maximum atomic E-state index is 12.4. The van der Waals surface area contributed by atoms with Gasteiger partial charge in [0.1, 0.15) is 5.01 Å². The van der Waals surface area contributed by atoms with Gasteiger partial charge in [-0.05, 0) is 30.3 Å². The van der Waals surface area contributed by atoms with Crippen LogP contribution in [0.3, 0.4) is 0 Å². The molecule has 1 aliphatic rings. The van der Waals surface area contributed by atoms with E-state index in [1.54, 1.807) is 29.8 Å². The zero-order valence-corrected chi connectivity index (χ0v) is 14.5. The van der Waals surface area contributed by atoms with Gasteiger partial charge in [0.15, 0.2) is 0 Å². The van der Waals surface area contributed by atoms with Gasteiger partial charge in [-0.3, -0.25) is 9.78 Å². The molecule has 1 saturated heterocycles. The second-order valence-corrected chi connectivity index (χ2v) is 6.93. The zero-order valence-electron chi connectivity index (χ0n) is 13.7. The number of para-hydroxylation sites is 1. The topological polar surface area (TPSA) is 49.3 Å². The van der Waals surface area contributed by atoms with Crippen LogP contribution in [-0.4, -0.2) is 47.0 Å². The molecule has 0 unspecified atom stereocenters. The van der Waals surface area contributed by atoms with Crippen molar-refractivity contribution in [2.24, 2.45) is 0 Å². The maximum Gasteiger partial charge on any atom is 0.246 e. The Morgan fingerprint density at radius 3 is 2.56 bits per heavy atom. The molecule has 5 nitrogen and oxygen atoms in total. The highest BCUT2D eigenvalue weighted by atomic mass is 32.1. The molecule has 0 bridgehead atoms. The summed E-state index contributed by atoms with van der Waals surface area (Å²) in [6, 6.07) is 12.0. The fourth-order valence-electron chi connectivity index (χ4n) is 2.95. The van der Waals surface area contributed by atoms with E-state index in [2.05, 4.69) is 14.9 Å². The summed E-state index contributed by atoms with van der Waals surface area (Å²) in [5.41, 5.74) is 2.14. The fraction of sp³-hybridized carbons (Fsp3) is 0.211. The second kappa shape index (κ2) is 7.03. The van der Waals surface area contributed by atoms with Gasteiger partial charge in [-0.2, -0.15) is 0 Å². The highest BCUT2D eigenvalue weighted by Gasteiger charge is 2.19. The minimum atomic E-state index is 0.0497. The Kier molecular flexibility index (Phi) is 4.43. The molecular formula is C19H18N4OS. The molecule has 0 spiro atoms. The van der Waals surface area contributed by atoms with Gasteiger partial charge in [-0.1, -0.05) is 12.1 Å². The number of hydrogen-bond acceptors (Lipinski definition) is 5. The van der Waals surface area contributed by atoms with E-state index in [1.807, 2.05) is 47.4 Å². The van der Waals surface area contributed by atoms with Crippen molar-refractivity contribution >= 4 is 39.2 Å². The maximum absolute atomic E-state index is 12.4. The molecule has 0 radical (unpaired) electrons. The van der Waals surface area contributed by atoms with E-state index >= 15 is 0 Å². The van der Waals surface area contributed by atoms with E-state index < -0.39 is 0 Å². The molecule has 126 valence electrons. The van der Waals surface area contributed by atoms with Crippen LogP contribution >= 0.6 is 11.3 Å². The smallest absolute Gasteiger partial charge is 0.246 e. The normalized spacial score (nSPS) is 15.2. The Hall–Kier alpha value is -2.73. The number of aromatic nitrogens is 2. The number of fused-ring (bicyclic) bond motifs is 1. The number of thiazole rings is 1. The van der Waals surface area contributed by atoms with Crippen LogP contribution in [0.25, 0.3) is 16.3 Å². The number of anilines is 1. The van der Waals surface area contributed by atoms with Gasteiger partial charge in [-0.15, -0.1) is 11.3 Å². The first-order chi connectivity index (χ1) is 12.3. The Balaban J connectivity index is 1.37. The van der Waals surface area contributed by atoms with Crippen molar-refractivity contribution < 1.29 is 4.79 Å². The summed E-state index contributed by atoms with van der Waals surface area (Å²) in [5, 5.41) is 0.866. The molecule has 1 amide bonds. The fourth-order valence-corrected chi connectivity index (χ4v) is 3.82. The largest absolute Gasteiger partial charge is 0.368 e. The number of pyridine rings is 1. The third-order valence-electron chi connectivity index (χ3n) is 4.30. The summed E-state index contributed by atoms with van der Waals surface area (Å²) in [4.78, 5) is 25.2. The predicted octanol–water partition coefficient (Wildman–Crippen LogP) is 3.05. The standard InChI is InChI=1S/C19H18N4OS/c24-19(6-5-18-21-16-3-1-2-4-17(16)25-18)23-13-11-22(12-14-23)15-7-9-20-10-8-15/h1-10H,11-14H2/b6-5+. The molecule has 4 rings (SSSR count). The molecule has 2 aromatic heterocycles. The van der Waals surface area contributed by atoms with Crippen LogP contribution in [-0.2, 0) is 4.79 Å². The predicted molar refractivity (Wildman–Crippen MR) is 102 cm³/mol. The molecular weight excluding hydrogens is 332 g/mol. The van der Waals surface area contributed by atoms with E-state index in [-0.39, 0.29) is 5.91 Å². The van der Waals surface area contributed by atoms with Crippen molar-refractivity contribution in [1.82, 2.24) is 14.9 Å². The minimum absolute atomic E-state index is 0.0497. The van der Waals surface area contributed by atoms with Gasteiger partial charge in [-0.25, -0.2) is 4.98 Å². The van der Waals surface area contributed by atoms with Crippen molar-refractivity contribution in [3.8, 4) is 0 Å². The molecule has 6 heteroatoms. The lowest BCUT2D eigenvalue weighted by atomic mass is 10.2. The Bertz CT molecular complexity index is 865. The van der Waals surface area contributed by atoms with Gasteiger partial charge in [0.2, 0.25) is 5.91 Å². The molecule has 0 aliphatic carbocycles. The number of benzene rings is 1. The van der Waals surface area contributed by atoms with Crippen molar-refractivity contribution in [3.05, 3.63) is 59.9 Å². The monoisotopic (exact) mass is 350 g/mol. The lowest BCUT2D eigenvalue weighted by molar-refractivity contribution is -0.126. The van der Waals surface area contributed by atoms with Crippen LogP contribution < -0.4 is 4.90 Å². The van der Waals surface area contributed by atoms with E-state index in [1.165, 1.54) is 0 Å². The van der Waals surface area contributed by atoms with Crippen LogP contribution in [0.15, 0.2) is 54.9 Å². The number of piperazine rings is 1. The van der Waals surface area contributed by atoms with Gasteiger partial charge < -0.3 is 9.80 Å². The highest BCUT2D eigenvalue weighted by molar-refractivity contribution is 7.19. The molecule has 25 heavy (non-hydrogen) atoms. The van der Waals surface area contributed by atoms with Crippen molar-refractivity contribution in [2.75, 3.05) is 31.1 Å². The molecule has 0 N–H and O–H groups in total. The van der Waals surface area contributed by atoms with Gasteiger partial charge in [0.05, 0.1) is 10.2 Å². The average Bonchev–Trinajstić information content (AvgIpc) is 3.10. The Morgan fingerprint density at radius 2 is 1.80 bits per heavy atom. The van der Waals surface area contributed by atoms with Crippen LogP contribution in [0.1, 0.15) is 5.01 Å². The Labute approximate surface area is 150 Å². The quantitative estimate of drug-likeness (QED) is 0.681. The SMILES string of the molecule is O=C(/C=C/c1nc2ccccc2s1)N1CCN(c2ccncc2)CC1. The third-order valence-corrected chi connectivity index (χ3v) is 5.30. The van der Waals surface area contributed by atoms with Crippen LogP contribution in [0.5, 0.6) is 0 Å². The second-order valence-electron chi connectivity index (χ2n) is 5.87. The van der Waals surface area contributed by atoms with Gasteiger partial charge in [0.25, 0.3) is 0 Å². The molecule has 3 aromatic rings. The number of amides is 1. The lowest BCUT2D eigenvalue weighted by Gasteiger charge is -2.35. The zero-order chi connectivity index (χ0) is 17.1. The number of carbonyl (C=O) groups excluding carboxylic acids is 1. The average molecular weight is 350 g/mol. The van der Waals surface area contributed by atoms with E-state index in [0.717, 1.165) is 47.1 Å². The number of hydrogen-bond donors (Lipinski definition) is 0. The molecule has 3 heterocycles. The summed E-state index contributed by atoms with van der Waals surface area (Å²) in [6.07, 6.45) is 7.06. The molecule has 0 atom stereocenters. The third kappa shape index (κ3) is 3.53. The molecule has 0 saturated carbocycles. The number of rotatable bonds is 3. The summed E-state index contributed by atoms with van der Waals surface area (Å²) in [7, 11) is 0. The van der Waals surface area contributed by atoms with Crippen molar-refractivity contribution in [1.29, 1.82) is 0 Å². The first kappa shape index (κ1) is 15.8. The number of carbonyl (C=O) groups is 1. The molecule has 1 aromatic carbocycles. The summed E-state index contributed by atoms with van der Waals surface area (Å²) < 4.78 is 1.14. The van der Waals surface area contributed by atoms with Crippen molar-refractivity contribution in [2.45, 2.75) is 0 Å². The minimum Gasteiger partial charge on any atom is -0.368 e.